The van der Waals surface area contributed by atoms with E-state index in [-0.39, 0.29) is 22.9 Å². The topological polar surface area (TPSA) is 81.3 Å². The highest BCUT2D eigenvalue weighted by atomic mass is 32.2. The Morgan fingerprint density at radius 2 is 2.03 bits per heavy atom. The van der Waals surface area contributed by atoms with Gasteiger partial charge in [-0.1, -0.05) is 17.8 Å². The zero-order valence-electron chi connectivity index (χ0n) is 15.3. The van der Waals surface area contributed by atoms with E-state index in [2.05, 4.69) is 15.5 Å². The van der Waals surface area contributed by atoms with Crippen LogP contribution in [0.4, 0.5) is 4.39 Å². The largest absolute Gasteiger partial charge is 0.350 e. The first kappa shape index (κ1) is 19.3. The Balaban J connectivity index is 1.52. The molecule has 148 valence electrons. The molecule has 4 aromatic rings. The van der Waals surface area contributed by atoms with Crippen LogP contribution in [0.25, 0.3) is 11.3 Å². The van der Waals surface area contributed by atoms with E-state index in [1.807, 2.05) is 17.5 Å². The van der Waals surface area contributed by atoms with Crippen molar-refractivity contribution in [3.8, 4) is 5.69 Å². The van der Waals surface area contributed by atoms with E-state index in [1.165, 1.54) is 40.6 Å². The summed E-state index contributed by atoms with van der Waals surface area (Å²) in [7, 11) is 0. The molecule has 1 atom stereocenters. The van der Waals surface area contributed by atoms with Crippen LogP contribution in [0.5, 0.6) is 0 Å². The van der Waals surface area contributed by atoms with Crippen molar-refractivity contribution >= 4 is 34.7 Å². The molecule has 29 heavy (non-hydrogen) atoms. The standard InChI is InChI=1S/C19H16FN5O2S2/c1-12(17(26)21-11-15-3-2-10-28-15)29-19-23-22-16-18(27)24(8-9-25(16)19)14-6-4-13(20)5-7-14/h2-10,12H,11H2,1H3,(H,21,26)/t12-/m1/s1. The van der Waals surface area contributed by atoms with Crippen molar-refractivity contribution in [3.63, 3.8) is 0 Å². The molecule has 0 radical (unpaired) electrons. The average Bonchev–Trinajstić information content (AvgIpc) is 3.38. The van der Waals surface area contributed by atoms with Crippen LogP contribution in [-0.2, 0) is 11.3 Å². The van der Waals surface area contributed by atoms with Crippen molar-refractivity contribution in [2.45, 2.75) is 23.9 Å². The maximum atomic E-state index is 13.1. The van der Waals surface area contributed by atoms with Gasteiger partial charge in [-0.3, -0.25) is 18.6 Å². The Bertz CT molecular complexity index is 1200. The summed E-state index contributed by atoms with van der Waals surface area (Å²) in [5, 5.41) is 12.9. The zero-order chi connectivity index (χ0) is 20.4. The summed E-state index contributed by atoms with van der Waals surface area (Å²) in [6, 6.07) is 9.49. The summed E-state index contributed by atoms with van der Waals surface area (Å²) < 4.78 is 16.1. The maximum absolute atomic E-state index is 13.1. The minimum atomic E-state index is -0.415. The molecular weight excluding hydrogens is 413 g/mol. The molecule has 1 aromatic carbocycles. The zero-order valence-corrected chi connectivity index (χ0v) is 16.9. The number of thiophene rings is 1. The Kier molecular flexibility index (Phi) is 5.45. The third-order valence-corrected chi connectivity index (χ3v) is 6.15. The molecule has 0 bridgehead atoms. The average molecular weight is 430 g/mol. The Morgan fingerprint density at radius 1 is 1.24 bits per heavy atom. The van der Waals surface area contributed by atoms with Crippen LogP contribution in [0.3, 0.4) is 0 Å². The van der Waals surface area contributed by atoms with E-state index in [9.17, 15) is 14.0 Å². The van der Waals surface area contributed by atoms with Crippen molar-refractivity contribution in [1.29, 1.82) is 0 Å². The molecule has 0 aliphatic heterocycles. The first-order valence-electron chi connectivity index (χ1n) is 8.72. The van der Waals surface area contributed by atoms with Gasteiger partial charge in [-0.05, 0) is 42.6 Å². The molecule has 1 N–H and O–H groups in total. The van der Waals surface area contributed by atoms with Crippen LogP contribution in [0.2, 0.25) is 0 Å². The smallest absolute Gasteiger partial charge is 0.300 e. The lowest BCUT2D eigenvalue weighted by atomic mass is 10.3. The van der Waals surface area contributed by atoms with E-state index in [4.69, 9.17) is 0 Å². The fraction of sp³-hybridized carbons (Fsp3) is 0.158. The quantitative estimate of drug-likeness (QED) is 0.477. The van der Waals surface area contributed by atoms with Gasteiger partial charge < -0.3 is 5.32 Å². The summed E-state index contributed by atoms with van der Waals surface area (Å²) in [6.45, 7) is 2.25. The second kappa shape index (κ2) is 8.18. The fourth-order valence-electron chi connectivity index (χ4n) is 2.69. The molecule has 10 heteroatoms. The molecule has 0 fully saturated rings. The number of thioether (sulfide) groups is 1. The van der Waals surface area contributed by atoms with Crippen molar-refractivity contribution in [2.75, 3.05) is 0 Å². The number of amides is 1. The molecule has 0 unspecified atom stereocenters. The van der Waals surface area contributed by atoms with E-state index < -0.39 is 5.25 Å². The highest BCUT2D eigenvalue weighted by molar-refractivity contribution is 8.00. The number of aromatic nitrogens is 4. The van der Waals surface area contributed by atoms with Gasteiger partial charge in [-0.2, -0.15) is 0 Å². The summed E-state index contributed by atoms with van der Waals surface area (Å²) in [4.78, 5) is 26.2. The molecule has 0 saturated carbocycles. The van der Waals surface area contributed by atoms with Crippen LogP contribution < -0.4 is 10.9 Å². The molecule has 0 spiro atoms. The molecule has 1 amide bonds. The minimum Gasteiger partial charge on any atom is -0.350 e. The monoisotopic (exact) mass is 429 g/mol. The van der Waals surface area contributed by atoms with Gasteiger partial charge in [0.25, 0.3) is 0 Å². The molecule has 0 saturated heterocycles. The molecule has 4 rings (SSSR count). The van der Waals surface area contributed by atoms with Crippen LogP contribution in [-0.4, -0.2) is 30.3 Å². The van der Waals surface area contributed by atoms with E-state index in [1.54, 1.807) is 35.1 Å². The minimum absolute atomic E-state index is 0.125. The number of halogens is 1. The van der Waals surface area contributed by atoms with Crippen LogP contribution >= 0.6 is 23.1 Å². The third kappa shape index (κ3) is 4.08. The highest BCUT2D eigenvalue weighted by Crippen LogP contribution is 2.22. The number of fused-ring (bicyclic) bond motifs is 1. The first-order valence-corrected chi connectivity index (χ1v) is 10.5. The lowest BCUT2D eigenvalue weighted by Crippen LogP contribution is -2.30. The number of hydrogen-bond acceptors (Lipinski definition) is 6. The summed E-state index contributed by atoms with van der Waals surface area (Å²) in [5.41, 5.74) is 0.274. The number of carbonyl (C=O) groups is 1. The molecule has 3 aromatic heterocycles. The Hall–Kier alpha value is -2.98. The Labute approximate surface area is 173 Å². The molecular formula is C19H16FN5O2S2. The number of carbonyl (C=O) groups excluding carboxylic acids is 1. The predicted molar refractivity (Wildman–Crippen MR) is 110 cm³/mol. The van der Waals surface area contributed by atoms with Crippen molar-refractivity contribution in [3.05, 3.63) is 75.2 Å². The predicted octanol–water partition coefficient (Wildman–Crippen LogP) is 2.88. The van der Waals surface area contributed by atoms with Crippen LogP contribution in [0.1, 0.15) is 11.8 Å². The number of rotatable bonds is 6. The lowest BCUT2D eigenvalue weighted by molar-refractivity contribution is -0.120. The normalized spacial score (nSPS) is 12.2. The van der Waals surface area contributed by atoms with Crippen molar-refractivity contribution in [1.82, 2.24) is 24.5 Å². The summed E-state index contributed by atoms with van der Waals surface area (Å²) >= 11 is 2.80. The van der Waals surface area contributed by atoms with Crippen molar-refractivity contribution in [2.24, 2.45) is 0 Å². The van der Waals surface area contributed by atoms with E-state index in [0.717, 1.165) is 4.88 Å². The van der Waals surface area contributed by atoms with Crippen LogP contribution in [0, 0.1) is 5.82 Å². The number of hydrogen-bond donors (Lipinski definition) is 1. The lowest BCUT2D eigenvalue weighted by Gasteiger charge is -2.10. The van der Waals surface area contributed by atoms with Crippen LogP contribution in [0.15, 0.2) is 64.1 Å². The van der Waals surface area contributed by atoms with Gasteiger partial charge in [-0.25, -0.2) is 4.39 Å². The van der Waals surface area contributed by atoms with Gasteiger partial charge in [0.2, 0.25) is 11.6 Å². The van der Waals surface area contributed by atoms with Gasteiger partial charge in [0.05, 0.1) is 11.8 Å². The number of nitrogens with one attached hydrogen (secondary N) is 1. The van der Waals surface area contributed by atoms with E-state index >= 15 is 0 Å². The van der Waals surface area contributed by atoms with E-state index in [0.29, 0.717) is 17.4 Å². The molecule has 7 nitrogen and oxygen atoms in total. The van der Waals surface area contributed by atoms with Crippen molar-refractivity contribution < 1.29 is 9.18 Å². The van der Waals surface area contributed by atoms with Gasteiger partial charge in [-0.15, -0.1) is 21.5 Å². The summed E-state index contributed by atoms with van der Waals surface area (Å²) in [5.74, 6) is -0.504. The molecule has 0 aliphatic rings. The maximum Gasteiger partial charge on any atom is 0.300 e. The van der Waals surface area contributed by atoms with Gasteiger partial charge in [0, 0.05) is 23.0 Å². The van der Waals surface area contributed by atoms with Gasteiger partial charge in [0.15, 0.2) is 5.16 Å². The molecule has 3 heterocycles. The van der Waals surface area contributed by atoms with Gasteiger partial charge in [0.1, 0.15) is 5.82 Å². The number of benzene rings is 1. The highest BCUT2D eigenvalue weighted by Gasteiger charge is 2.19. The second-order valence-electron chi connectivity index (χ2n) is 6.18. The first-order chi connectivity index (χ1) is 14.0. The third-order valence-electron chi connectivity index (χ3n) is 4.21. The number of nitrogens with zero attached hydrogens (tertiary/aromatic N) is 4. The Morgan fingerprint density at radius 3 is 2.76 bits per heavy atom. The SMILES string of the molecule is C[C@@H](Sc1nnc2c(=O)n(-c3ccc(F)cc3)ccn12)C(=O)NCc1cccs1. The fourth-order valence-corrected chi connectivity index (χ4v) is 4.19. The second-order valence-corrected chi connectivity index (χ2v) is 8.52. The molecule has 0 aliphatic carbocycles. The summed E-state index contributed by atoms with van der Waals surface area (Å²) in [6.07, 6.45) is 3.22. The van der Waals surface area contributed by atoms with Gasteiger partial charge >= 0.3 is 5.56 Å².